The Balaban J connectivity index is 2.58. The smallest absolute Gasteiger partial charge is 0.408 e. The SMILES string of the molecule is Cc1ccccc1NC(=O)C(c1ccc(O)cc1)N(C(=O)C(NC(=O)OC(C)(C)C)C(C)C)C(C)(C)C. The average Bonchev–Trinajstić information content (AvgIpc) is 2.75. The van der Waals surface area contributed by atoms with Gasteiger partial charge in [-0.1, -0.05) is 44.2 Å². The van der Waals surface area contributed by atoms with Crippen molar-refractivity contribution >= 4 is 23.6 Å². The summed E-state index contributed by atoms with van der Waals surface area (Å²) in [5, 5.41) is 15.5. The van der Waals surface area contributed by atoms with E-state index in [-0.39, 0.29) is 11.7 Å². The van der Waals surface area contributed by atoms with E-state index in [9.17, 15) is 19.5 Å². The number of phenols is 1. The molecule has 0 saturated carbocycles. The number of nitrogens with zero attached hydrogens (tertiary/aromatic N) is 1. The van der Waals surface area contributed by atoms with Crippen LogP contribution in [-0.4, -0.2) is 45.1 Å². The van der Waals surface area contributed by atoms with Crippen molar-refractivity contribution in [3.63, 3.8) is 0 Å². The van der Waals surface area contributed by atoms with Crippen LogP contribution in [0.5, 0.6) is 5.75 Å². The number of carbonyl (C=O) groups excluding carboxylic acids is 3. The van der Waals surface area contributed by atoms with Gasteiger partial charge in [0.15, 0.2) is 0 Å². The van der Waals surface area contributed by atoms with Crippen LogP contribution in [0.4, 0.5) is 10.5 Å². The fraction of sp³-hybridized carbons (Fsp3) is 0.483. The first kappa shape index (κ1) is 29.7. The van der Waals surface area contributed by atoms with Gasteiger partial charge in [-0.05, 0) is 83.7 Å². The minimum atomic E-state index is -1.05. The summed E-state index contributed by atoms with van der Waals surface area (Å²) < 4.78 is 5.40. The molecule has 2 aromatic carbocycles. The van der Waals surface area contributed by atoms with E-state index in [4.69, 9.17) is 4.74 Å². The third kappa shape index (κ3) is 8.23. The normalized spacial score (nSPS) is 13.5. The predicted octanol–water partition coefficient (Wildman–Crippen LogP) is 5.56. The number of benzene rings is 2. The third-order valence-electron chi connectivity index (χ3n) is 5.68. The molecule has 2 aromatic rings. The van der Waals surface area contributed by atoms with Gasteiger partial charge in [0.1, 0.15) is 23.4 Å². The summed E-state index contributed by atoms with van der Waals surface area (Å²) in [5.74, 6) is -1.08. The summed E-state index contributed by atoms with van der Waals surface area (Å²) in [6.45, 7) is 16.3. The lowest BCUT2D eigenvalue weighted by molar-refractivity contribution is -0.147. The van der Waals surface area contributed by atoms with E-state index < -0.39 is 41.1 Å². The summed E-state index contributed by atoms with van der Waals surface area (Å²) >= 11 is 0. The fourth-order valence-corrected chi connectivity index (χ4v) is 3.93. The van der Waals surface area contributed by atoms with Gasteiger partial charge in [0.2, 0.25) is 5.91 Å². The highest BCUT2D eigenvalue weighted by atomic mass is 16.6. The van der Waals surface area contributed by atoms with Gasteiger partial charge in [0.05, 0.1) is 0 Å². The molecule has 0 aliphatic rings. The van der Waals surface area contributed by atoms with E-state index in [1.807, 2.05) is 59.7 Å². The van der Waals surface area contributed by atoms with Crippen LogP contribution in [0.25, 0.3) is 0 Å². The zero-order valence-electron chi connectivity index (χ0n) is 23.4. The van der Waals surface area contributed by atoms with Crippen molar-refractivity contribution < 1.29 is 24.2 Å². The number of amides is 3. The highest BCUT2D eigenvalue weighted by molar-refractivity contribution is 5.99. The Bertz CT molecular complexity index is 1100. The number of hydrogen-bond donors (Lipinski definition) is 3. The lowest BCUT2D eigenvalue weighted by atomic mass is 9.93. The molecule has 3 amide bonds. The number of aryl methyl sites for hydroxylation is 1. The van der Waals surface area contributed by atoms with Crippen molar-refractivity contribution in [2.45, 2.75) is 85.5 Å². The highest BCUT2D eigenvalue weighted by Gasteiger charge is 2.42. The van der Waals surface area contributed by atoms with Gasteiger partial charge in [-0.15, -0.1) is 0 Å². The van der Waals surface area contributed by atoms with Crippen molar-refractivity contribution in [2.24, 2.45) is 5.92 Å². The summed E-state index contributed by atoms with van der Waals surface area (Å²) in [6.07, 6.45) is -0.709. The van der Waals surface area contributed by atoms with Crippen LogP contribution in [-0.2, 0) is 14.3 Å². The van der Waals surface area contributed by atoms with Gasteiger partial charge in [-0.25, -0.2) is 4.79 Å². The molecule has 2 rings (SSSR count). The molecular weight excluding hydrogens is 470 g/mol. The second-order valence-corrected chi connectivity index (χ2v) is 11.5. The molecule has 0 bridgehead atoms. The molecule has 0 radical (unpaired) electrons. The second-order valence-electron chi connectivity index (χ2n) is 11.5. The second kappa shape index (κ2) is 11.7. The van der Waals surface area contributed by atoms with Gasteiger partial charge < -0.3 is 25.4 Å². The molecule has 37 heavy (non-hydrogen) atoms. The molecule has 0 aromatic heterocycles. The third-order valence-corrected chi connectivity index (χ3v) is 5.68. The maximum Gasteiger partial charge on any atom is 0.408 e. The molecule has 3 N–H and O–H groups in total. The first-order chi connectivity index (χ1) is 17.0. The number of anilines is 1. The summed E-state index contributed by atoms with van der Waals surface area (Å²) in [4.78, 5) is 42.2. The Kier molecular flexibility index (Phi) is 9.36. The average molecular weight is 512 g/mol. The van der Waals surface area contributed by atoms with Gasteiger partial charge >= 0.3 is 6.09 Å². The van der Waals surface area contributed by atoms with E-state index in [0.717, 1.165) is 5.56 Å². The summed E-state index contributed by atoms with van der Waals surface area (Å²) in [7, 11) is 0. The van der Waals surface area contributed by atoms with Gasteiger partial charge in [0, 0.05) is 11.2 Å². The Morgan fingerprint density at radius 2 is 1.49 bits per heavy atom. The zero-order valence-corrected chi connectivity index (χ0v) is 23.4. The first-order valence-electron chi connectivity index (χ1n) is 12.5. The molecule has 8 nitrogen and oxygen atoms in total. The van der Waals surface area contributed by atoms with Gasteiger partial charge in [-0.3, -0.25) is 9.59 Å². The quantitative estimate of drug-likeness (QED) is 0.451. The van der Waals surface area contributed by atoms with E-state index in [0.29, 0.717) is 11.3 Å². The number of phenolic OH excluding ortho intramolecular Hbond substituents is 1. The molecule has 0 heterocycles. The topological polar surface area (TPSA) is 108 Å². The summed E-state index contributed by atoms with van der Waals surface area (Å²) in [6, 6.07) is 11.6. The number of ether oxygens (including phenoxy) is 1. The number of rotatable bonds is 7. The van der Waals surface area contributed by atoms with Crippen LogP contribution in [0.15, 0.2) is 48.5 Å². The molecule has 0 saturated heterocycles. The number of hydrogen-bond acceptors (Lipinski definition) is 5. The number of carbonyl (C=O) groups is 3. The number of nitrogens with one attached hydrogen (secondary N) is 2. The highest BCUT2D eigenvalue weighted by Crippen LogP contribution is 2.33. The van der Waals surface area contributed by atoms with Crippen molar-refractivity contribution in [1.82, 2.24) is 10.2 Å². The van der Waals surface area contributed by atoms with Crippen LogP contribution in [0.1, 0.15) is 72.6 Å². The molecule has 202 valence electrons. The molecule has 0 aliphatic carbocycles. The lowest BCUT2D eigenvalue weighted by Gasteiger charge is -2.43. The fourth-order valence-electron chi connectivity index (χ4n) is 3.93. The molecular formula is C29H41N3O5. The van der Waals surface area contributed by atoms with Crippen LogP contribution in [0, 0.1) is 12.8 Å². The Morgan fingerprint density at radius 1 is 0.919 bits per heavy atom. The first-order valence-corrected chi connectivity index (χ1v) is 12.5. The van der Waals surface area contributed by atoms with Crippen molar-refractivity contribution in [1.29, 1.82) is 0 Å². The van der Waals surface area contributed by atoms with E-state index in [2.05, 4.69) is 10.6 Å². The van der Waals surface area contributed by atoms with Crippen LogP contribution in [0.2, 0.25) is 0 Å². The monoisotopic (exact) mass is 511 g/mol. The molecule has 8 heteroatoms. The molecule has 0 fully saturated rings. The van der Waals surface area contributed by atoms with Gasteiger partial charge in [0.25, 0.3) is 5.91 Å². The minimum Gasteiger partial charge on any atom is -0.508 e. The van der Waals surface area contributed by atoms with Crippen LogP contribution >= 0.6 is 0 Å². The summed E-state index contributed by atoms with van der Waals surface area (Å²) in [5.41, 5.74) is 0.476. The van der Waals surface area contributed by atoms with Gasteiger partial charge in [-0.2, -0.15) is 0 Å². The largest absolute Gasteiger partial charge is 0.508 e. The van der Waals surface area contributed by atoms with Crippen molar-refractivity contribution in [2.75, 3.05) is 5.32 Å². The Hall–Kier alpha value is -3.55. The lowest BCUT2D eigenvalue weighted by Crippen LogP contribution is -2.59. The standard InChI is InChI=1S/C29H41N3O5/c1-18(2)23(31-27(36)37-29(7,8)9)26(35)32(28(4,5)6)24(20-14-16-21(33)17-15-20)25(34)30-22-13-11-10-12-19(22)3/h10-18,23-24,33H,1-9H3,(H,30,34)(H,31,36). The number of para-hydroxylation sites is 1. The van der Waals surface area contributed by atoms with E-state index in [1.165, 1.54) is 17.0 Å². The number of aromatic hydroxyl groups is 1. The predicted molar refractivity (Wildman–Crippen MR) is 145 cm³/mol. The minimum absolute atomic E-state index is 0.0436. The Morgan fingerprint density at radius 3 is 1.97 bits per heavy atom. The Labute approximate surface area is 220 Å². The van der Waals surface area contributed by atoms with E-state index in [1.54, 1.807) is 39.0 Å². The number of alkyl carbamates (subject to hydrolysis) is 1. The zero-order chi connectivity index (χ0) is 28.1. The molecule has 0 aliphatic heterocycles. The molecule has 2 atom stereocenters. The molecule has 0 spiro atoms. The maximum atomic E-state index is 14.2. The van der Waals surface area contributed by atoms with Crippen molar-refractivity contribution in [3.8, 4) is 5.75 Å². The van der Waals surface area contributed by atoms with E-state index >= 15 is 0 Å². The molecule has 2 unspecified atom stereocenters. The maximum absolute atomic E-state index is 14.2. The van der Waals surface area contributed by atoms with Crippen LogP contribution in [0.3, 0.4) is 0 Å². The van der Waals surface area contributed by atoms with Crippen LogP contribution < -0.4 is 10.6 Å². The van der Waals surface area contributed by atoms with Crippen molar-refractivity contribution in [3.05, 3.63) is 59.7 Å².